The zero-order valence-corrected chi connectivity index (χ0v) is 18.3. The SMILES string of the molecule is Cc1ccc(C(=O)CSc2nnc(-c3ccccc3)n2Cc2ccc3c(c2)OCO3)cc1. The van der Waals surface area contributed by atoms with E-state index >= 15 is 0 Å². The topological polar surface area (TPSA) is 66.2 Å². The van der Waals surface area contributed by atoms with Crippen molar-refractivity contribution in [3.63, 3.8) is 0 Å². The van der Waals surface area contributed by atoms with Crippen molar-refractivity contribution in [2.24, 2.45) is 0 Å². The number of fused-ring (bicyclic) bond motifs is 1. The van der Waals surface area contributed by atoms with E-state index in [9.17, 15) is 4.79 Å². The molecule has 4 aromatic rings. The third-order valence-electron chi connectivity index (χ3n) is 5.23. The number of carbonyl (C=O) groups is 1. The van der Waals surface area contributed by atoms with Crippen LogP contribution in [0.2, 0.25) is 0 Å². The zero-order chi connectivity index (χ0) is 21.9. The Balaban J connectivity index is 1.42. The van der Waals surface area contributed by atoms with Crippen LogP contribution in [0.1, 0.15) is 21.5 Å². The van der Waals surface area contributed by atoms with Gasteiger partial charge in [-0.3, -0.25) is 9.36 Å². The molecular weight excluding hydrogens is 422 g/mol. The summed E-state index contributed by atoms with van der Waals surface area (Å²) >= 11 is 1.40. The van der Waals surface area contributed by atoms with Gasteiger partial charge in [0.15, 0.2) is 28.3 Å². The Hall–Kier alpha value is -3.58. The van der Waals surface area contributed by atoms with Crippen molar-refractivity contribution >= 4 is 17.5 Å². The molecule has 2 heterocycles. The maximum absolute atomic E-state index is 12.7. The third-order valence-corrected chi connectivity index (χ3v) is 6.20. The van der Waals surface area contributed by atoms with Crippen LogP contribution in [0.3, 0.4) is 0 Å². The van der Waals surface area contributed by atoms with Gasteiger partial charge < -0.3 is 9.47 Å². The second-order valence-electron chi connectivity index (χ2n) is 7.52. The van der Waals surface area contributed by atoms with E-state index in [1.54, 1.807) is 0 Å². The highest BCUT2D eigenvalue weighted by Gasteiger charge is 2.19. The molecule has 5 rings (SSSR count). The molecule has 0 amide bonds. The summed E-state index contributed by atoms with van der Waals surface area (Å²) in [6.07, 6.45) is 0. The van der Waals surface area contributed by atoms with Crippen molar-refractivity contribution in [1.82, 2.24) is 14.8 Å². The van der Waals surface area contributed by atoms with Crippen LogP contribution in [-0.4, -0.2) is 33.1 Å². The molecule has 1 aliphatic rings. The lowest BCUT2D eigenvalue weighted by Gasteiger charge is -2.11. The van der Waals surface area contributed by atoms with E-state index < -0.39 is 0 Å². The Morgan fingerprint density at radius 1 is 0.969 bits per heavy atom. The maximum atomic E-state index is 12.7. The van der Waals surface area contributed by atoms with Crippen LogP contribution < -0.4 is 9.47 Å². The van der Waals surface area contributed by atoms with Gasteiger partial charge in [-0.1, -0.05) is 78.0 Å². The Bertz CT molecular complexity index is 1250. The van der Waals surface area contributed by atoms with Crippen LogP contribution in [0.25, 0.3) is 11.4 Å². The molecule has 0 aliphatic carbocycles. The molecule has 7 heteroatoms. The summed E-state index contributed by atoms with van der Waals surface area (Å²) in [5, 5.41) is 9.55. The first-order chi connectivity index (χ1) is 15.7. The van der Waals surface area contributed by atoms with E-state index in [-0.39, 0.29) is 18.3 Å². The van der Waals surface area contributed by atoms with Gasteiger partial charge in [0.1, 0.15) is 0 Å². The lowest BCUT2D eigenvalue weighted by atomic mass is 10.1. The number of hydrogen-bond acceptors (Lipinski definition) is 6. The molecule has 0 saturated heterocycles. The standard InChI is InChI=1S/C25H21N3O3S/c1-17-7-10-19(11-8-17)21(29)15-32-25-27-26-24(20-5-3-2-4-6-20)28(25)14-18-9-12-22-23(13-18)31-16-30-22/h2-13H,14-16H2,1H3. The van der Waals surface area contributed by atoms with E-state index in [4.69, 9.17) is 9.47 Å². The van der Waals surface area contributed by atoms with Crippen molar-refractivity contribution in [3.05, 3.63) is 89.5 Å². The second-order valence-corrected chi connectivity index (χ2v) is 8.47. The molecule has 6 nitrogen and oxygen atoms in total. The number of carbonyl (C=O) groups excluding carboxylic acids is 1. The highest BCUT2D eigenvalue weighted by molar-refractivity contribution is 7.99. The molecule has 0 unspecified atom stereocenters. The van der Waals surface area contributed by atoms with Crippen LogP contribution in [0.4, 0.5) is 0 Å². The van der Waals surface area contributed by atoms with Gasteiger partial charge in [-0.25, -0.2) is 0 Å². The summed E-state index contributed by atoms with van der Waals surface area (Å²) in [6.45, 7) is 2.80. The molecule has 0 bridgehead atoms. The van der Waals surface area contributed by atoms with E-state index in [0.29, 0.717) is 17.3 Å². The molecule has 0 fully saturated rings. The smallest absolute Gasteiger partial charge is 0.231 e. The first-order valence-electron chi connectivity index (χ1n) is 10.3. The average molecular weight is 444 g/mol. The van der Waals surface area contributed by atoms with Crippen molar-refractivity contribution in [2.45, 2.75) is 18.6 Å². The van der Waals surface area contributed by atoms with E-state index in [1.807, 2.05) is 84.3 Å². The van der Waals surface area contributed by atoms with Gasteiger partial charge in [0, 0.05) is 11.1 Å². The van der Waals surface area contributed by atoms with Gasteiger partial charge >= 0.3 is 0 Å². The Morgan fingerprint density at radius 2 is 1.75 bits per heavy atom. The number of ketones is 1. The fourth-order valence-corrected chi connectivity index (χ4v) is 4.35. The number of aryl methyl sites for hydroxylation is 1. The average Bonchev–Trinajstić information content (AvgIpc) is 3.45. The van der Waals surface area contributed by atoms with Gasteiger partial charge in [0.25, 0.3) is 0 Å². The highest BCUT2D eigenvalue weighted by atomic mass is 32.2. The molecule has 0 radical (unpaired) electrons. The maximum Gasteiger partial charge on any atom is 0.231 e. The molecular formula is C25H21N3O3S. The number of hydrogen-bond donors (Lipinski definition) is 0. The van der Waals surface area contributed by atoms with Gasteiger partial charge in [-0.15, -0.1) is 10.2 Å². The normalized spacial score (nSPS) is 12.2. The van der Waals surface area contributed by atoms with E-state index in [0.717, 1.165) is 34.0 Å². The quantitative estimate of drug-likeness (QED) is 0.296. The summed E-state index contributed by atoms with van der Waals surface area (Å²) in [4.78, 5) is 12.7. The van der Waals surface area contributed by atoms with E-state index in [1.165, 1.54) is 11.8 Å². The number of thioether (sulfide) groups is 1. The molecule has 0 spiro atoms. The second kappa shape index (κ2) is 8.88. The molecule has 3 aromatic carbocycles. The molecule has 160 valence electrons. The number of benzene rings is 3. The molecule has 1 aromatic heterocycles. The minimum Gasteiger partial charge on any atom is -0.454 e. The lowest BCUT2D eigenvalue weighted by Crippen LogP contribution is -2.07. The predicted octanol–water partition coefficient (Wildman–Crippen LogP) is 5.01. The van der Waals surface area contributed by atoms with Gasteiger partial charge in [0.2, 0.25) is 6.79 Å². The van der Waals surface area contributed by atoms with Crippen molar-refractivity contribution in [1.29, 1.82) is 0 Å². The van der Waals surface area contributed by atoms with Gasteiger partial charge in [0.05, 0.1) is 12.3 Å². The first kappa shape index (κ1) is 20.3. The Kier molecular flexibility index (Phi) is 5.64. The van der Waals surface area contributed by atoms with Crippen LogP contribution in [0.5, 0.6) is 11.5 Å². The Labute approximate surface area is 190 Å². The number of nitrogens with zero attached hydrogens (tertiary/aromatic N) is 3. The van der Waals surface area contributed by atoms with Gasteiger partial charge in [-0.05, 0) is 24.6 Å². The number of aromatic nitrogens is 3. The number of ether oxygens (including phenoxy) is 2. The summed E-state index contributed by atoms with van der Waals surface area (Å²) < 4.78 is 13.0. The van der Waals surface area contributed by atoms with Gasteiger partial charge in [-0.2, -0.15) is 0 Å². The molecule has 0 saturated carbocycles. The zero-order valence-electron chi connectivity index (χ0n) is 17.5. The van der Waals surface area contributed by atoms with E-state index in [2.05, 4.69) is 10.2 Å². The minimum absolute atomic E-state index is 0.0638. The largest absolute Gasteiger partial charge is 0.454 e. The van der Waals surface area contributed by atoms with Crippen molar-refractivity contribution < 1.29 is 14.3 Å². The molecule has 1 aliphatic heterocycles. The Morgan fingerprint density at radius 3 is 2.56 bits per heavy atom. The van der Waals surface area contributed by atoms with Crippen molar-refractivity contribution in [3.8, 4) is 22.9 Å². The fourth-order valence-electron chi connectivity index (χ4n) is 3.51. The summed E-state index contributed by atoms with van der Waals surface area (Å²) in [6, 6.07) is 23.5. The summed E-state index contributed by atoms with van der Waals surface area (Å²) in [5.41, 5.74) is 3.84. The molecule has 32 heavy (non-hydrogen) atoms. The highest BCUT2D eigenvalue weighted by Crippen LogP contribution is 2.33. The monoisotopic (exact) mass is 443 g/mol. The third kappa shape index (κ3) is 4.24. The predicted molar refractivity (Wildman–Crippen MR) is 123 cm³/mol. The minimum atomic E-state index is 0.0638. The van der Waals surface area contributed by atoms with Crippen LogP contribution in [0.15, 0.2) is 78.0 Å². The van der Waals surface area contributed by atoms with Crippen LogP contribution >= 0.6 is 11.8 Å². The fraction of sp³-hybridized carbons (Fsp3) is 0.160. The summed E-state index contributed by atoms with van der Waals surface area (Å²) in [7, 11) is 0. The summed E-state index contributed by atoms with van der Waals surface area (Å²) in [5.74, 6) is 2.60. The lowest BCUT2D eigenvalue weighted by molar-refractivity contribution is 0.102. The number of Topliss-reactive ketones (excluding diaryl/α,β-unsaturated/α-hetero) is 1. The number of rotatable bonds is 7. The van der Waals surface area contributed by atoms with Crippen molar-refractivity contribution in [2.75, 3.05) is 12.5 Å². The van der Waals surface area contributed by atoms with Crippen LogP contribution in [0, 0.1) is 6.92 Å². The van der Waals surface area contributed by atoms with Crippen LogP contribution in [-0.2, 0) is 6.54 Å². The molecule has 0 atom stereocenters. The molecule has 0 N–H and O–H groups in total. The first-order valence-corrected chi connectivity index (χ1v) is 11.3.